The Morgan fingerprint density at radius 2 is 1.70 bits per heavy atom. The predicted octanol–water partition coefficient (Wildman–Crippen LogP) is 3.60. The van der Waals surface area contributed by atoms with Crippen molar-refractivity contribution in [1.29, 1.82) is 0 Å². The summed E-state index contributed by atoms with van der Waals surface area (Å²) in [6.07, 6.45) is 8.13. The highest BCUT2D eigenvalue weighted by Gasteiger charge is 2.22. The van der Waals surface area contributed by atoms with Crippen molar-refractivity contribution in [2.75, 3.05) is 32.7 Å². The summed E-state index contributed by atoms with van der Waals surface area (Å²) in [5.41, 5.74) is 8.22. The van der Waals surface area contributed by atoms with Crippen LogP contribution in [0.1, 0.15) is 49.7 Å². The number of fused-ring (bicyclic) bond motifs is 1. The SMILES string of the molecule is NC(=O)CCN(CCc1ccc(O)cc1)CCN(CCc1ccc(O)c2[nH]c(=O)sc12)C1CCCCC1. The lowest BCUT2D eigenvalue weighted by atomic mass is 9.93. The van der Waals surface area contributed by atoms with Gasteiger partial charge in [0, 0.05) is 45.2 Å². The zero-order chi connectivity index (χ0) is 26.2. The molecule has 0 spiro atoms. The fourth-order valence-electron chi connectivity index (χ4n) is 5.28. The number of aromatic amines is 1. The summed E-state index contributed by atoms with van der Waals surface area (Å²) in [7, 11) is 0. The van der Waals surface area contributed by atoms with E-state index < -0.39 is 0 Å². The topological polar surface area (TPSA) is 123 Å². The van der Waals surface area contributed by atoms with E-state index in [0.29, 0.717) is 24.5 Å². The first kappa shape index (κ1) is 27.2. The number of hydrogen-bond donors (Lipinski definition) is 4. The van der Waals surface area contributed by atoms with Crippen LogP contribution in [0.4, 0.5) is 0 Å². The third-order valence-corrected chi connectivity index (χ3v) is 8.39. The molecule has 1 fully saturated rings. The zero-order valence-electron chi connectivity index (χ0n) is 21.3. The normalized spacial score (nSPS) is 14.6. The minimum Gasteiger partial charge on any atom is -0.508 e. The molecule has 1 heterocycles. The van der Waals surface area contributed by atoms with Crippen LogP contribution in [0.25, 0.3) is 10.2 Å². The minimum absolute atomic E-state index is 0.111. The summed E-state index contributed by atoms with van der Waals surface area (Å²) >= 11 is 1.16. The zero-order valence-corrected chi connectivity index (χ0v) is 22.1. The highest BCUT2D eigenvalue weighted by atomic mass is 32.1. The van der Waals surface area contributed by atoms with Crippen LogP contribution in [0.15, 0.2) is 41.2 Å². The molecule has 8 nitrogen and oxygen atoms in total. The monoisotopic (exact) mass is 526 g/mol. The molecule has 0 saturated heterocycles. The van der Waals surface area contributed by atoms with Gasteiger partial charge in [0.05, 0.1) is 4.70 Å². The maximum absolute atomic E-state index is 11.9. The van der Waals surface area contributed by atoms with Crippen molar-refractivity contribution < 1.29 is 15.0 Å². The van der Waals surface area contributed by atoms with Crippen LogP contribution in [0, 0.1) is 0 Å². The summed E-state index contributed by atoms with van der Waals surface area (Å²) in [4.78, 5) is 30.9. The summed E-state index contributed by atoms with van der Waals surface area (Å²) in [6, 6.07) is 11.4. The van der Waals surface area contributed by atoms with E-state index in [1.165, 1.54) is 32.1 Å². The van der Waals surface area contributed by atoms with E-state index in [1.54, 1.807) is 18.2 Å². The van der Waals surface area contributed by atoms with E-state index >= 15 is 0 Å². The van der Waals surface area contributed by atoms with Gasteiger partial charge in [-0.3, -0.25) is 14.5 Å². The number of phenolic OH excluding ortho intramolecular Hbond substituents is 2. The van der Waals surface area contributed by atoms with Crippen molar-refractivity contribution >= 4 is 27.5 Å². The number of benzene rings is 2. The number of carbonyl (C=O) groups excluding carboxylic acids is 1. The van der Waals surface area contributed by atoms with Gasteiger partial charge < -0.3 is 25.8 Å². The Balaban J connectivity index is 1.43. The fourth-order valence-corrected chi connectivity index (χ4v) is 6.18. The number of carbonyl (C=O) groups is 1. The van der Waals surface area contributed by atoms with Gasteiger partial charge in [-0.1, -0.05) is 48.8 Å². The van der Waals surface area contributed by atoms with E-state index in [9.17, 15) is 19.8 Å². The number of hydrogen-bond acceptors (Lipinski definition) is 7. The van der Waals surface area contributed by atoms with E-state index in [4.69, 9.17) is 5.73 Å². The molecule has 37 heavy (non-hydrogen) atoms. The Kier molecular flexibility index (Phi) is 9.60. The molecule has 1 aliphatic rings. The van der Waals surface area contributed by atoms with Gasteiger partial charge in [0.1, 0.15) is 17.0 Å². The summed E-state index contributed by atoms with van der Waals surface area (Å²) < 4.78 is 0.838. The molecule has 3 aromatic rings. The van der Waals surface area contributed by atoms with Crippen molar-refractivity contribution in [2.45, 2.75) is 57.4 Å². The first-order chi connectivity index (χ1) is 17.9. The van der Waals surface area contributed by atoms with E-state index in [0.717, 1.165) is 66.2 Å². The van der Waals surface area contributed by atoms with Gasteiger partial charge in [-0.05, 0) is 55.0 Å². The number of nitrogens with zero attached hydrogens (tertiary/aromatic N) is 2. The first-order valence-electron chi connectivity index (χ1n) is 13.3. The van der Waals surface area contributed by atoms with Crippen LogP contribution in [0.3, 0.4) is 0 Å². The lowest BCUT2D eigenvalue weighted by Crippen LogP contribution is -2.44. The summed E-state index contributed by atoms with van der Waals surface area (Å²) in [5.74, 6) is 0.0795. The van der Waals surface area contributed by atoms with Crippen LogP contribution >= 0.6 is 11.3 Å². The predicted molar refractivity (Wildman–Crippen MR) is 148 cm³/mol. The van der Waals surface area contributed by atoms with E-state index in [2.05, 4.69) is 14.8 Å². The van der Waals surface area contributed by atoms with Gasteiger partial charge in [0.2, 0.25) is 5.91 Å². The third-order valence-electron chi connectivity index (χ3n) is 7.43. The number of amides is 1. The molecule has 1 amide bonds. The molecule has 200 valence electrons. The molecule has 1 aromatic heterocycles. The summed E-state index contributed by atoms with van der Waals surface area (Å²) in [5, 5.41) is 19.7. The average molecular weight is 527 g/mol. The molecule has 2 aromatic carbocycles. The molecule has 0 unspecified atom stereocenters. The maximum atomic E-state index is 11.9. The standard InChI is InChI=1S/C28H38N4O4S/c29-25(35)14-16-31(15-12-20-6-9-23(33)10-7-20)18-19-32(22-4-2-1-3-5-22)17-13-21-8-11-24(34)26-27(21)37-28(36)30-26/h6-11,22,33-34H,1-5,12-19H2,(H2,29,35)(H,30,36). The molecule has 4 rings (SSSR count). The molecular weight excluding hydrogens is 488 g/mol. The highest BCUT2D eigenvalue weighted by molar-refractivity contribution is 7.16. The minimum atomic E-state index is -0.291. The van der Waals surface area contributed by atoms with Gasteiger partial charge in [-0.25, -0.2) is 0 Å². The van der Waals surface area contributed by atoms with Crippen LogP contribution in [0.5, 0.6) is 11.5 Å². The van der Waals surface area contributed by atoms with E-state index in [-0.39, 0.29) is 22.3 Å². The van der Waals surface area contributed by atoms with Crippen molar-refractivity contribution in [3.63, 3.8) is 0 Å². The quantitative estimate of drug-likeness (QED) is 0.270. The molecule has 0 bridgehead atoms. The number of aromatic nitrogens is 1. The molecule has 1 saturated carbocycles. The Morgan fingerprint density at radius 1 is 0.946 bits per heavy atom. The van der Waals surface area contributed by atoms with Crippen LogP contribution < -0.4 is 10.6 Å². The molecule has 0 radical (unpaired) electrons. The smallest absolute Gasteiger partial charge is 0.305 e. The van der Waals surface area contributed by atoms with E-state index in [1.807, 2.05) is 18.2 Å². The summed E-state index contributed by atoms with van der Waals surface area (Å²) in [6.45, 7) is 4.04. The van der Waals surface area contributed by atoms with Gasteiger partial charge >= 0.3 is 4.87 Å². The van der Waals surface area contributed by atoms with Crippen molar-refractivity contribution in [3.05, 3.63) is 57.2 Å². The van der Waals surface area contributed by atoms with Crippen LogP contribution in [-0.2, 0) is 17.6 Å². The lowest BCUT2D eigenvalue weighted by molar-refractivity contribution is -0.118. The molecule has 1 aliphatic carbocycles. The Bertz CT molecular complexity index is 1220. The molecule has 0 aliphatic heterocycles. The molecular formula is C28H38N4O4S. The van der Waals surface area contributed by atoms with Crippen molar-refractivity contribution in [1.82, 2.24) is 14.8 Å². The molecule has 5 N–H and O–H groups in total. The second kappa shape index (κ2) is 13.1. The Hall–Kier alpha value is -2.88. The van der Waals surface area contributed by atoms with Gasteiger partial charge in [0.15, 0.2) is 0 Å². The largest absolute Gasteiger partial charge is 0.508 e. The molecule has 0 atom stereocenters. The number of nitrogens with one attached hydrogen (secondary N) is 1. The maximum Gasteiger partial charge on any atom is 0.305 e. The second-order valence-corrected chi connectivity index (χ2v) is 11.0. The number of primary amides is 1. The van der Waals surface area contributed by atoms with Gasteiger partial charge in [-0.2, -0.15) is 0 Å². The number of H-pyrrole nitrogens is 1. The number of aromatic hydroxyl groups is 2. The third kappa shape index (κ3) is 7.80. The molecule has 9 heteroatoms. The van der Waals surface area contributed by atoms with Gasteiger partial charge in [-0.15, -0.1) is 0 Å². The fraction of sp³-hybridized carbons (Fsp3) is 0.500. The van der Waals surface area contributed by atoms with Crippen LogP contribution in [-0.4, -0.2) is 69.7 Å². The van der Waals surface area contributed by atoms with Crippen LogP contribution in [0.2, 0.25) is 0 Å². The number of rotatable bonds is 13. The lowest BCUT2D eigenvalue weighted by Gasteiger charge is -2.36. The van der Waals surface area contributed by atoms with Crippen molar-refractivity contribution in [3.8, 4) is 11.5 Å². The number of thiazole rings is 1. The van der Waals surface area contributed by atoms with Gasteiger partial charge in [0.25, 0.3) is 0 Å². The first-order valence-corrected chi connectivity index (χ1v) is 14.1. The van der Waals surface area contributed by atoms with Crippen molar-refractivity contribution in [2.24, 2.45) is 5.73 Å². The Morgan fingerprint density at radius 3 is 2.43 bits per heavy atom. The average Bonchev–Trinajstić information content (AvgIpc) is 3.30. The number of nitrogens with two attached hydrogens (primary N) is 1. The number of phenols is 2. The Labute approximate surface area is 221 Å². The highest BCUT2D eigenvalue weighted by Crippen LogP contribution is 2.29. The second-order valence-electron chi connectivity index (χ2n) is 10.0.